The van der Waals surface area contributed by atoms with Crippen LogP contribution in [0.1, 0.15) is 18.4 Å². The highest BCUT2D eigenvalue weighted by molar-refractivity contribution is 9.10. The van der Waals surface area contributed by atoms with E-state index in [0.29, 0.717) is 16.1 Å². The zero-order valence-corrected chi connectivity index (χ0v) is 12.8. The average Bonchev–Trinajstić information content (AvgIpc) is 2.40. The Kier molecular flexibility index (Phi) is 5.05. The molecule has 1 atom stereocenters. The van der Waals surface area contributed by atoms with E-state index >= 15 is 0 Å². The summed E-state index contributed by atoms with van der Waals surface area (Å²) in [5.41, 5.74) is 0.890. The molecule has 1 aromatic carbocycles. The molecule has 1 aromatic rings. The second kappa shape index (κ2) is 6.57. The van der Waals surface area contributed by atoms with Crippen LogP contribution in [0.15, 0.2) is 10.5 Å². The van der Waals surface area contributed by atoms with Gasteiger partial charge in [-0.2, -0.15) is 4.39 Å². The number of hydrogen-bond donors (Lipinski definition) is 1. The van der Waals surface area contributed by atoms with E-state index < -0.39 is 5.82 Å². The third-order valence-electron chi connectivity index (χ3n) is 3.52. The lowest BCUT2D eigenvalue weighted by atomic mass is 9.92. The Hall–Kier alpha value is -0.810. The maximum atomic E-state index is 14.3. The van der Waals surface area contributed by atoms with Crippen molar-refractivity contribution in [3.63, 3.8) is 0 Å². The van der Waals surface area contributed by atoms with Crippen molar-refractivity contribution in [3.8, 4) is 11.5 Å². The van der Waals surface area contributed by atoms with E-state index in [0.717, 1.165) is 25.1 Å². The molecule has 1 unspecified atom stereocenters. The maximum absolute atomic E-state index is 14.3. The summed E-state index contributed by atoms with van der Waals surface area (Å²) in [7, 11) is 2.95. The van der Waals surface area contributed by atoms with Gasteiger partial charge in [0.2, 0.25) is 5.82 Å². The number of methoxy groups -OCH3 is 2. The van der Waals surface area contributed by atoms with Crippen LogP contribution in [0.4, 0.5) is 4.39 Å². The quantitative estimate of drug-likeness (QED) is 0.919. The fraction of sp³-hybridized carbons (Fsp3) is 0.571. The van der Waals surface area contributed by atoms with Crippen LogP contribution in [0, 0.1) is 11.7 Å². The van der Waals surface area contributed by atoms with Crippen molar-refractivity contribution in [2.24, 2.45) is 5.92 Å². The van der Waals surface area contributed by atoms with E-state index in [1.165, 1.54) is 27.1 Å². The summed E-state index contributed by atoms with van der Waals surface area (Å²) >= 11 is 3.35. The number of benzene rings is 1. The molecule has 19 heavy (non-hydrogen) atoms. The fourth-order valence-corrected chi connectivity index (χ4v) is 3.21. The minimum atomic E-state index is -0.432. The van der Waals surface area contributed by atoms with Crippen LogP contribution < -0.4 is 14.8 Å². The number of rotatable bonds is 4. The molecule has 1 aliphatic rings. The smallest absolute Gasteiger partial charge is 0.208 e. The Morgan fingerprint density at radius 3 is 2.68 bits per heavy atom. The van der Waals surface area contributed by atoms with Crippen molar-refractivity contribution >= 4 is 15.9 Å². The first kappa shape index (κ1) is 14.6. The summed E-state index contributed by atoms with van der Waals surface area (Å²) in [6.07, 6.45) is 3.16. The van der Waals surface area contributed by atoms with Crippen molar-refractivity contribution in [1.29, 1.82) is 0 Å². The van der Waals surface area contributed by atoms with Gasteiger partial charge in [0.15, 0.2) is 11.5 Å². The van der Waals surface area contributed by atoms with Crippen molar-refractivity contribution in [1.82, 2.24) is 5.32 Å². The summed E-state index contributed by atoms with van der Waals surface area (Å²) in [6.45, 7) is 2.06. The molecule has 0 amide bonds. The largest absolute Gasteiger partial charge is 0.493 e. The van der Waals surface area contributed by atoms with Gasteiger partial charge in [0.1, 0.15) is 0 Å². The van der Waals surface area contributed by atoms with Crippen molar-refractivity contribution in [2.45, 2.75) is 19.3 Å². The van der Waals surface area contributed by atoms with Gasteiger partial charge in [0.25, 0.3) is 0 Å². The number of piperidine rings is 1. The molecular formula is C14H19BrFNO2. The van der Waals surface area contributed by atoms with Crippen LogP contribution in [0.2, 0.25) is 0 Å². The highest BCUT2D eigenvalue weighted by Crippen LogP contribution is 2.38. The second-order valence-electron chi connectivity index (χ2n) is 4.81. The van der Waals surface area contributed by atoms with E-state index in [-0.39, 0.29) is 5.75 Å². The molecule has 1 N–H and O–H groups in total. The number of ether oxygens (including phenoxy) is 2. The van der Waals surface area contributed by atoms with Crippen LogP contribution in [0.5, 0.6) is 11.5 Å². The van der Waals surface area contributed by atoms with Gasteiger partial charge < -0.3 is 14.8 Å². The van der Waals surface area contributed by atoms with E-state index in [9.17, 15) is 4.39 Å². The molecule has 106 valence electrons. The molecule has 0 aromatic heterocycles. The summed E-state index contributed by atoms with van der Waals surface area (Å²) < 4.78 is 25.2. The number of hydrogen-bond acceptors (Lipinski definition) is 3. The van der Waals surface area contributed by atoms with Gasteiger partial charge >= 0.3 is 0 Å². The van der Waals surface area contributed by atoms with Gasteiger partial charge in [-0.05, 0) is 65.8 Å². The van der Waals surface area contributed by atoms with Gasteiger partial charge in [0.05, 0.1) is 18.7 Å². The minimum absolute atomic E-state index is 0.197. The normalized spacial score (nSPS) is 19.3. The second-order valence-corrected chi connectivity index (χ2v) is 5.67. The van der Waals surface area contributed by atoms with Crippen molar-refractivity contribution in [2.75, 3.05) is 27.3 Å². The molecule has 0 aliphatic carbocycles. The third-order valence-corrected chi connectivity index (χ3v) is 4.11. The highest BCUT2D eigenvalue weighted by atomic mass is 79.9. The van der Waals surface area contributed by atoms with Gasteiger partial charge in [-0.15, -0.1) is 0 Å². The Morgan fingerprint density at radius 2 is 2.11 bits per heavy atom. The molecule has 1 aliphatic heterocycles. The first-order chi connectivity index (χ1) is 9.17. The Balaban J connectivity index is 2.28. The van der Waals surface area contributed by atoms with Crippen LogP contribution in [-0.2, 0) is 6.42 Å². The van der Waals surface area contributed by atoms with Gasteiger partial charge in [-0.1, -0.05) is 0 Å². The SMILES string of the molecule is COc1c(Br)cc(CC2CCCNC2)c(OC)c1F. The van der Waals surface area contributed by atoms with Crippen LogP contribution in [0.25, 0.3) is 0 Å². The van der Waals surface area contributed by atoms with E-state index in [1.54, 1.807) is 0 Å². The van der Waals surface area contributed by atoms with E-state index in [1.807, 2.05) is 6.07 Å². The Labute approximate surface area is 121 Å². The summed E-state index contributed by atoms with van der Waals surface area (Å²) in [5, 5.41) is 3.37. The molecule has 1 saturated heterocycles. The molecule has 1 heterocycles. The van der Waals surface area contributed by atoms with Crippen LogP contribution in [-0.4, -0.2) is 27.3 Å². The molecule has 0 bridgehead atoms. The minimum Gasteiger partial charge on any atom is -0.493 e. The van der Waals surface area contributed by atoms with Crippen LogP contribution in [0.3, 0.4) is 0 Å². The topological polar surface area (TPSA) is 30.5 Å². The summed E-state index contributed by atoms with van der Waals surface area (Å²) in [4.78, 5) is 0. The van der Waals surface area contributed by atoms with Crippen molar-refractivity contribution < 1.29 is 13.9 Å². The average molecular weight is 332 g/mol. The maximum Gasteiger partial charge on any atom is 0.208 e. The molecule has 0 spiro atoms. The predicted molar refractivity (Wildman–Crippen MR) is 76.5 cm³/mol. The Morgan fingerprint density at radius 1 is 1.37 bits per heavy atom. The van der Waals surface area contributed by atoms with Gasteiger partial charge in [-0.25, -0.2) is 0 Å². The summed E-state index contributed by atoms with van der Waals surface area (Å²) in [5.74, 6) is 0.591. The van der Waals surface area contributed by atoms with E-state index in [4.69, 9.17) is 9.47 Å². The highest BCUT2D eigenvalue weighted by Gasteiger charge is 2.22. The van der Waals surface area contributed by atoms with E-state index in [2.05, 4.69) is 21.2 Å². The molecule has 5 heteroatoms. The first-order valence-electron chi connectivity index (χ1n) is 6.47. The molecule has 1 fully saturated rings. The molecule has 0 radical (unpaired) electrons. The lowest BCUT2D eigenvalue weighted by Gasteiger charge is -2.24. The molecule has 3 nitrogen and oxygen atoms in total. The lowest BCUT2D eigenvalue weighted by molar-refractivity contribution is 0.336. The Bertz CT molecular complexity index is 448. The van der Waals surface area contributed by atoms with Gasteiger partial charge in [-0.3, -0.25) is 0 Å². The fourth-order valence-electron chi connectivity index (χ4n) is 2.60. The van der Waals surface area contributed by atoms with Crippen molar-refractivity contribution in [3.05, 3.63) is 21.9 Å². The molecular weight excluding hydrogens is 313 g/mol. The zero-order chi connectivity index (χ0) is 13.8. The zero-order valence-electron chi connectivity index (χ0n) is 11.3. The van der Waals surface area contributed by atoms with Gasteiger partial charge in [0, 0.05) is 0 Å². The number of halogens is 2. The molecule has 2 rings (SSSR count). The first-order valence-corrected chi connectivity index (χ1v) is 7.26. The standard InChI is InChI=1S/C14H19BrFNO2/c1-18-13-10(6-9-4-3-5-17-8-9)7-11(15)14(19-2)12(13)16/h7,9,17H,3-6,8H2,1-2H3. The van der Waals surface area contributed by atoms with Crippen LogP contribution >= 0.6 is 15.9 Å². The predicted octanol–water partition coefficient (Wildman–Crippen LogP) is 3.15. The monoisotopic (exact) mass is 331 g/mol. The lowest BCUT2D eigenvalue weighted by Crippen LogP contribution is -2.31. The third kappa shape index (κ3) is 3.20. The summed E-state index contributed by atoms with van der Waals surface area (Å²) in [6, 6.07) is 1.90. The molecule has 0 saturated carbocycles. The number of nitrogens with one attached hydrogen (secondary N) is 1.